The van der Waals surface area contributed by atoms with Crippen LogP contribution in [0.25, 0.3) is 0 Å². The molecule has 1 fully saturated rings. The second-order valence-corrected chi connectivity index (χ2v) is 8.22. The van der Waals surface area contributed by atoms with E-state index in [2.05, 4.69) is 24.4 Å². The number of benzene rings is 2. The predicted molar refractivity (Wildman–Crippen MR) is 116 cm³/mol. The summed E-state index contributed by atoms with van der Waals surface area (Å²) in [6.45, 7) is 7.92. The molecular formula is C24H32N3O2+. The molecule has 154 valence electrons. The monoisotopic (exact) mass is 394 g/mol. The highest BCUT2D eigenvalue weighted by molar-refractivity contribution is 5.93. The van der Waals surface area contributed by atoms with Gasteiger partial charge in [-0.2, -0.15) is 0 Å². The van der Waals surface area contributed by atoms with E-state index in [9.17, 15) is 9.59 Å². The lowest BCUT2D eigenvalue weighted by molar-refractivity contribution is -0.894. The molecule has 0 saturated carbocycles. The van der Waals surface area contributed by atoms with Crippen LogP contribution in [0.4, 0.5) is 5.69 Å². The van der Waals surface area contributed by atoms with Gasteiger partial charge in [0.15, 0.2) is 12.6 Å². The van der Waals surface area contributed by atoms with Gasteiger partial charge in [-0.05, 0) is 44.7 Å². The van der Waals surface area contributed by atoms with Crippen molar-refractivity contribution in [1.82, 2.24) is 4.90 Å². The summed E-state index contributed by atoms with van der Waals surface area (Å²) in [7, 11) is 1.93. The summed E-state index contributed by atoms with van der Waals surface area (Å²) >= 11 is 0. The van der Waals surface area contributed by atoms with E-state index in [1.165, 1.54) is 5.56 Å². The molecule has 0 aromatic heterocycles. The maximum atomic E-state index is 13.2. The third-order valence-corrected chi connectivity index (χ3v) is 5.67. The molecule has 2 aromatic carbocycles. The van der Waals surface area contributed by atoms with Gasteiger partial charge in [-0.25, -0.2) is 0 Å². The first-order chi connectivity index (χ1) is 13.9. The number of likely N-dealkylation sites (N-methyl/N-ethyl adjacent to an activating group) is 1. The Morgan fingerprint density at radius 1 is 1.03 bits per heavy atom. The van der Waals surface area contributed by atoms with Crippen molar-refractivity contribution >= 4 is 17.5 Å². The summed E-state index contributed by atoms with van der Waals surface area (Å²) in [5.74, 6) is 0.0365. The van der Waals surface area contributed by atoms with Gasteiger partial charge in [0.1, 0.15) is 0 Å². The minimum absolute atomic E-state index is 0.0762. The Kier molecular flexibility index (Phi) is 6.70. The highest BCUT2D eigenvalue weighted by atomic mass is 16.2. The van der Waals surface area contributed by atoms with Crippen LogP contribution in [0.15, 0.2) is 42.5 Å². The largest absolute Gasteiger partial charge is 0.337 e. The highest BCUT2D eigenvalue weighted by Gasteiger charge is 2.35. The lowest BCUT2D eigenvalue weighted by Gasteiger charge is -2.28. The van der Waals surface area contributed by atoms with E-state index in [-0.39, 0.29) is 24.4 Å². The molecule has 5 nitrogen and oxygen atoms in total. The zero-order chi connectivity index (χ0) is 21.0. The number of nitrogens with zero attached hydrogens (tertiary/aromatic N) is 1. The van der Waals surface area contributed by atoms with Crippen LogP contribution in [0.1, 0.15) is 41.1 Å². The zero-order valence-electron chi connectivity index (χ0n) is 17.9. The van der Waals surface area contributed by atoms with Crippen LogP contribution < -0.4 is 10.2 Å². The standard InChI is InChI=1S/C24H31N3O2/c1-17-14-18(2)22(19(3)15-17)25-21(28)16-26(4)23(20-10-6-5-7-11-20)24(29)27-12-8-9-13-27/h5-7,10-11,14-15,23H,8-9,12-13,16H2,1-4H3,(H,25,28)/p+1/t23-/m1/s1. The molecule has 0 aliphatic carbocycles. The molecule has 1 aliphatic heterocycles. The number of aryl methyl sites for hydroxylation is 3. The molecule has 1 saturated heterocycles. The molecule has 1 unspecified atom stereocenters. The van der Waals surface area contributed by atoms with Crippen molar-refractivity contribution in [3.05, 3.63) is 64.7 Å². The molecule has 1 heterocycles. The van der Waals surface area contributed by atoms with Crippen molar-refractivity contribution in [2.75, 3.05) is 32.0 Å². The van der Waals surface area contributed by atoms with E-state index < -0.39 is 0 Å². The summed E-state index contributed by atoms with van der Waals surface area (Å²) in [5.41, 5.74) is 5.12. The number of anilines is 1. The fourth-order valence-electron chi connectivity index (χ4n) is 4.32. The number of amides is 2. The van der Waals surface area contributed by atoms with E-state index in [4.69, 9.17) is 0 Å². The summed E-state index contributed by atoms with van der Waals surface area (Å²) in [5, 5.41) is 3.07. The fourth-order valence-corrected chi connectivity index (χ4v) is 4.32. The van der Waals surface area contributed by atoms with Crippen LogP contribution in [0.2, 0.25) is 0 Å². The number of likely N-dealkylation sites (tertiary alicyclic amines) is 1. The molecule has 29 heavy (non-hydrogen) atoms. The van der Waals surface area contributed by atoms with Crippen LogP contribution in [-0.4, -0.2) is 43.4 Å². The minimum Gasteiger partial charge on any atom is -0.337 e. The number of rotatable bonds is 6. The zero-order valence-corrected chi connectivity index (χ0v) is 17.9. The average molecular weight is 395 g/mol. The second kappa shape index (κ2) is 9.23. The van der Waals surface area contributed by atoms with Gasteiger partial charge < -0.3 is 15.1 Å². The highest BCUT2D eigenvalue weighted by Crippen LogP contribution is 2.22. The Bertz CT molecular complexity index is 850. The van der Waals surface area contributed by atoms with Crippen molar-refractivity contribution in [2.24, 2.45) is 0 Å². The lowest BCUT2D eigenvalue weighted by Crippen LogP contribution is -3.11. The van der Waals surface area contributed by atoms with Crippen LogP contribution in [-0.2, 0) is 9.59 Å². The molecular weight excluding hydrogens is 362 g/mol. The minimum atomic E-state index is -0.375. The van der Waals surface area contributed by atoms with Crippen molar-refractivity contribution in [1.29, 1.82) is 0 Å². The third kappa shape index (κ3) is 5.04. The number of carbonyl (C=O) groups excluding carboxylic acids is 2. The maximum absolute atomic E-state index is 13.2. The predicted octanol–water partition coefficient (Wildman–Crippen LogP) is 2.43. The fraction of sp³-hybridized carbons (Fsp3) is 0.417. The molecule has 3 rings (SSSR count). The van der Waals surface area contributed by atoms with Crippen molar-refractivity contribution in [3.63, 3.8) is 0 Å². The third-order valence-electron chi connectivity index (χ3n) is 5.67. The van der Waals surface area contributed by atoms with Gasteiger partial charge in [0.05, 0.1) is 7.05 Å². The maximum Gasteiger partial charge on any atom is 0.285 e. The normalized spacial score (nSPS) is 15.8. The molecule has 2 aromatic rings. The molecule has 0 radical (unpaired) electrons. The van der Waals surface area contributed by atoms with Crippen molar-refractivity contribution in [2.45, 2.75) is 39.7 Å². The van der Waals surface area contributed by atoms with Gasteiger partial charge in [-0.1, -0.05) is 48.0 Å². The summed E-state index contributed by atoms with van der Waals surface area (Å²) in [6, 6.07) is 13.6. The van der Waals surface area contributed by atoms with E-state index in [0.717, 1.165) is 53.2 Å². The topological polar surface area (TPSA) is 53.9 Å². The van der Waals surface area contributed by atoms with Gasteiger partial charge in [0.25, 0.3) is 11.8 Å². The Morgan fingerprint density at radius 2 is 1.62 bits per heavy atom. The van der Waals surface area contributed by atoms with E-state index >= 15 is 0 Å². The van der Waals surface area contributed by atoms with Crippen molar-refractivity contribution in [3.8, 4) is 0 Å². The Morgan fingerprint density at radius 3 is 2.21 bits per heavy atom. The number of hydrogen-bond donors (Lipinski definition) is 2. The molecule has 0 spiro atoms. The van der Waals surface area contributed by atoms with Gasteiger partial charge in [0, 0.05) is 24.3 Å². The number of hydrogen-bond acceptors (Lipinski definition) is 2. The van der Waals surface area contributed by atoms with Crippen LogP contribution in [0.5, 0.6) is 0 Å². The smallest absolute Gasteiger partial charge is 0.285 e. The molecule has 2 atom stereocenters. The SMILES string of the molecule is Cc1cc(C)c(NC(=O)C[NH+](C)[C@@H](C(=O)N2CCCC2)c2ccccc2)c(C)c1. The molecule has 1 aliphatic rings. The van der Waals surface area contributed by atoms with Crippen LogP contribution >= 0.6 is 0 Å². The molecule has 2 N–H and O–H groups in total. The van der Waals surface area contributed by atoms with Gasteiger partial charge in [-0.15, -0.1) is 0 Å². The summed E-state index contributed by atoms with van der Waals surface area (Å²) < 4.78 is 0. The summed E-state index contributed by atoms with van der Waals surface area (Å²) in [6.07, 6.45) is 2.11. The Hall–Kier alpha value is -2.66. The van der Waals surface area contributed by atoms with Gasteiger partial charge in [0.2, 0.25) is 0 Å². The molecule has 5 heteroatoms. The van der Waals surface area contributed by atoms with Gasteiger partial charge in [-0.3, -0.25) is 9.59 Å². The first kappa shape index (κ1) is 21.1. The van der Waals surface area contributed by atoms with Crippen molar-refractivity contribution < 1.29 is 14.5 Å². The van der Waals surface area contributed by atoms with E-state index in [0.29, 0.717) is 0 Å². The average Bonchev–Trinajstić information content (AvgIpc) is 3.20. The van der Waals surface area contributed by atoms with E-state index in [1.807, 2.05) is 56.1 Å². The number of carbonyl (C=O) groups is 2. The second-order valence-electron chi connectivity index (χ2n) is 8.22. The first-order valence-electron chi connectivity index (χ1n) is 10.4. The Balaban J connectivity index is 1.76. The lowest BCUT2D eigenvalue weighted by atomic mass is 10.0. The van der Waals surface area contributed by atoms with Crippen LogP contribution in [0.3, 0.4) is 0 Å². The first-order valence-corrected chi connectivity index (χ1v) is 10.4. The van der Waals surface area contributed by atoms with Gasteiger partial charge >= 0.3 is 0 Å². The molecule has 0 bridgehead atoms. The Labute approximate surface area is 173 Å². The van der Waals surface area contributed by atoms with E-state index in [1.54, 1.807) is 0 Å². The number of nitrogens with one attached hydrogen (secondary N) is 2. The molecule has 2 amide bonds. The van der Waals surface area contributed by atoms with Crippen LogP contribution in [0, 0.1) is 20.8 Å². The number of quaternary nitrogens is 1. The summed E-state index contributed by atoms with van der Waals surface area (Å²) in [4.78, 5) is 28.9. The quantitative estimate of drug-likeness (QED) is 0.791.